The quantitative estimate of drug-likeness (QED) is 0.161. The molecule has 13 aromatic carbocycles. The molecule has 0 bridgehead atoms. The molecule has 4 aromatic heterocycles. The van der Waals surface area contributed by atoms with Gasteiger partial charge in [-0.25, -0.2) is 0 Å². The lowest BCUT2D eigenvalue weighted by Gasteiger charge is -2.13. The molecule has 0 unspecified atom stereocenters. The van der Waals surface area contributed by atoms with E-state index in [2.05, 4.69) is 265 Å². The van der Waals surface area contributed by atoms with Gasteiger partial charge < -0.3 is 9.13 Å². The molecule has 0 fully saturated rings. The maximum absolute atomic E-state index is 4.78. The van der Waals surface area contributed by atoms with Gasteiger partial charge in [0.1, 0.15) is 0 Å². The van der Waals surface area contributed by atoms with E-state index in [0.717, 1.165) is 55.0 Å². The van der Waals surface area contributed by atoms with Gasteiger partial charge in [0.15, 0.2) is 0 Å². The Labute approximate surface area is 466 Å². The van der Waals surface area contributed by atoms with Gasteiger partial charge in [-0.3, -0.25) is 19.9 Å². The van der Waals surface area contributed by atoms with Crippen LogP contribution in [-0.2, 0) is 0 Å². The van der Waals surface area contributed by atoms with E-state index >= 15 is 0 Å². The molecule has 0 aliphatic rings. The first-order valence-electron chi connectivity index (χ1n) is 27.5. The summed E-state index contributed by atoms with van der Waals surface area (Å²) < 4.78 is 4.75. The van der Waals surface area contributed by atoms with Gasteiger partial charge in [-0.1, -0.05) is 188 Å². The lowest BCUT2D eigenvalue weighted by molar-refractivity contribution is 1.18. The van der Waals surface area contributed by atoms with E-state index in [-0.39, 0.29) is 0 Å². The van der Waals surface area contributed by atoms with Gasteiger partial charge in [0, 0.05) is 79.3 Å². The lowest BCUT2D eigenvalue weighted by atomic mass is 9.93. The first kappa shape index (κ1) is 46.3. The highest BCUT2D eigenvalue weighted by Gasteiger charge is 2.18. The number of para-hydroxylation sites is 4. The molecule has 0 saturated heterocycles. The third-order valence-electron chi connectivity index (χ3n) is 16.4. The molecule has 0 aliphatic heterocycles. The van der Waals surface area contributed by atoms with Crippen LogP contribution in [-0.4, -0.2) is 29.1 Å². The third kappa shape index (κ3) is 7.56. The van der Waals surface area contributed by atoms with E-state index in [9.17, 15) is 0 Å². The third-order valence-corrected chi connectivity index (χ3v) is 16.4. The van der Waals surface area contributed by atoms with Crippen LogP contribution in [0, 0.1) is 6.92 Å². The Morgan fingerprint density at radius 1 is 0.222 bits per heavy atom. The summed E-state index contributed by atoms with van der Waals surface area (Å²) in [5.74, 6) is 0. The van der Waals surface area contributed by atoms with E-state index in [1.54, 1.807) is 24.8 Å². The van der Waals surface area contributed by atoms with Crippen molar-refractivity contribution in [2.45, 2.75) is 6.92 Å². The van der Waals surface area contributed by atoms with Crippen LogP contribution in [0.15, 0.2) is 274 Å². The molecular formula is C75H48N6. The minimum atomic E-state index is 0.933. The van der Waals surface area contributed by atoms with Crippen molar-refractivity contribution >= 4 is 109 Å². The molecule has 0 aliphatic carbocycles. The minimum Gasteiger partial charge on any atom is -0.309 e. The van der Waals surface area contributed by atoms with Crippen molar-refractivity contribution in [3.63, 3.8) is 0 Å². The number of fused-ring (bicyclic) bond motifs is 18. The molecule has 17 rings (SSSR count). The molecule has 81 heavy (non-hydrogen) atoms. The summed E-state index contributed by atoms with van der Waals surface area (Å²) in [7, 11) is 0. The average molecular weight is 1030 g/mol. The second-order valence-electron chi connectivity index (χ2n) is 21.0. The highest BCUT2D eigenvalue weighted by molar-refractivity contribution is 6.25. The van der Waals surface area contributed by atoms with E-state index < -0.39 is 0 Å². The molecule has 6 nitrogen and oxygen atoms in total. The number of nitrogens with zero attached hydrogens (tertiary/aromatic N) is 6. The highest BCUT2D eigenvalue weighted by Crippen LogP contribution is 2.41. The summed E-state index contributed by atoms with van der Waals surface area (Å²) in [6.45, 7) is 2.14. The largest absolute Gasteiger partial charge is 0.309 e. The molecule has 0 radical (unpaired) electrons. The topological polar surface area (TPSA) is 61.4 Å². The molecule has 17 aromatic rings. The molecule has 0 N–H and O–H groups in total. The summed E-state index contributed by atoms with van der Waals surface area (Å²) in [5, 5.41) is 14.4. The number of aryl methyl sites for hydroxylation is 1. The first-order chi connectivity index (χ1) is 40.1. The first-order valence-corrected chi connectivity index (χ1v) is 27.5. The highest BCUT2D eigenvalue weighted by atomic mass is 15.0. The Morgan fingerprint density at radius 2 is 0.531 bits per heavy atom. The normalized spacial score (nSPS) is 11.8. The number of rotatable bonds is 5. The van der Waals surface area contributed by atoms with Crippen molar-refractivity contribution in [1.29, 1.82) is 0 Å². The molecule has 0 atom stereocenters. The van der Waals surface area contributed by atoms with Crippen LogP contribution in [0.1, 0.15) is 5.56 Å². The van der Waals surface area contributed by atoms with Crippen molar-refractivity contribution < 1.29 is 0 Å². The second kappa shape index (κ2) is 18.7. The van der Waals surface area contributed by atoms with Crippen LogP contribution in [0.2, 0.25) is 0 Å². The predicted octanol–water partition coefficient (Wildman–Crippen LogP) is 19.4. The summed E-state index contributed by atoms with van der Waals surface area (Å²) in [6, 6.07) is 89.7. The number of aromatic nitrogens is 6. The Hall–Kier alpha value is -10.8. The van der Waals surface area contributed by atoms with Crippen LogP contribution >= 0.6 is 0 Å². The Kier molecular flexibility index (Phi) is 10.7. The second-order valence-corrected chi connectivity index (χ2v) is 21.0. The van der Waals surface area contributed by atoms with Crippen LogP contribution in [0.25, 0.3) is 154 Å². The molecule has 378 valence electrons. The number of hydrogen-bond acceptors (Lipinski definition) is 4. The van der Waals surface area contributed by atoms with Gasteiger partial charge in [0.05, 0.1) is 44.1 Å². The fourth-order valence-electron chi connectivity index (χ4n) is 12.7. The van der Waals surface area contributed by atoms with Gasteiger partial charge in [0.25, 0.3) is 0 Å². The van der Waals surface area contributed by atoms with Gasteiger partial charge in [-0.15, -0.1) is 0 Å². The fourth-order valence-corrected chi connectivity index (χ4v) is 12.7. The molecule has 6 heteroatoms. The van der Waals surface area contributed by atoms with Crippen LogP contribution in [0.4, 0.5) is 0 Å². The van der Waals surface area contributed by atoms with Crippen molar-refractivity contribution in [3.05, 3.63) is 279 Å². The monoisotopic (exact) mass is 1030 g/mol. The molecule has 4 heterocycles. The van der Waals surface area contributed by atoms with Gasteiger partial charge in [-0.2, -0.15) is 0 Å². The van der Waals surface area contributed by atoms with Crippen molar-refractivity contribution in [3.8, 4) is 44.8 Å². The van der Waals surface area contributed by atoms with Crippen LogP contribution in [0.3, 0.4) is 0 Å². The summed E-state index contributed by atoms with van der Waals surface area (Å²) in [4.78, 5) is 19.0. The average Bonchev–Trinajstić information content (AvgIpc) is 4.24. The van der Waals surface area contributed by atoms with E-state index in [0.29, 0.717) is 0 Å². The van der Waals surface area contributed by atoms with Gasteiger partial charge >= 0.3 is 0 Å². The molecule has 0 saturated carbocycles. The predicted molar refractivity (Wildman–Crippen MR) is 339 cm³/mol. The number of hydrogen-bond donors (Lipinski definition) is 0. The van der Waals surface area contributed by atoms with Crippen LogP contribution in [0.5, 0.6) is 0 Å². The maximum atomic E-state index is 4.78. The summed E-state index contributed by atoms with van der Waals surface area (Å²) in [6.07, 6.45) is 7.13. The van der Waals surface area contributed by atoms with E-state index in [1.165, 1.54) is 104 Å². The zero-order valence-corrected chi connectivity index (χ0v) is 44.2. The Morgan fingerprint density at radius 3 is 0.926 bits per heavy atom. The molecule has 0 spiro atoms. The van der Waals surface area contributed by atoms with E-state index in [4.69, 9.17) is 19.9 Å². The zero-order chi connectivity index (χ0) is 53.5. The summed E-state index contributed by atoms with van der Waals surface area (Å²) in [5.41, 5.74) is 19.3. The smallest absolute Gasteiger partial charge is 0.0971 e. The van der Waals surface area contributed by atoms with Gasteiger partial charge in [0.2, 0.25) is 0 Å². The fraction of sp³-hybridized carbons (Fsp3) is 0.0133. The molecular weight excluding hydrogens is 985 g/mol. The van der Waals surface area contributed by atoms with E-state index in [1.807, 2.05) is 0 Å². The Bertz CT molecular complexity index is 5280. The lowest BCUT2D eigenvalue weighted by Crippen LogP contribution is -1.94. The molecule has 0 amide bonds. The SMILES string of the molecule is Cc1ccc2c(c1)c1cc(-c3cccc(-n4c5ccccc5c5ccccc54)c3)ccc1c1nccnc21.c1ccc(-c2ccc3c(c2)c2cc(-c4cccc(-n5c6ccccc6c6ccccc65)c4)ccc2c2nccnc32)cc1. The summed E-state index contributed by atoms with van der Waals surface area (Å²) >= 11 is 0. The maximum Gasteiger partial charge on any atom is 0.0971 e. The van der Waals surface area contributed by atoms with Crippen molar-refractivity contribution in [2.75, 3.05) is 0 Å². The van der Waals surface area contributed by atoms with Crippen LogP contribution < -0.4 is 0 Å². The Balaban J connectivity index is 0.000000135. The zero-order valence-electron chi connectivity index (χ0n) is 44.2. The van der Waals surface area contributed by atoms with Crippen molar-refractivity contribution in [2.24, 2.45) is 0 Å². The van der Waals surface area contributed by atoms with Gasteiger partial charge in [-0.05, 0) is 129 Å². The van der Waals surface area contributed by atoms with Crippen molar-refractivity contribution in [1.82, 2.24) is 29.1 Å². The number of benzene rings is 13. The minimum absolute atomic E-state index is 0.933. The standard InChI is InChI=1S/C40H25N3.C35H23N3/c1-2-9-26(10-3-1)28-17-19-33-35(24-28)36-25-29(18-20-34(36)40-39(33)41-21-22-42-40)27-11-8-12-30(23-27)43-37-15-6-4-13-31(37)32-14-5-7-16-38(32)43;1-22-13-15-28-30(19-22)31-21-24(14-16-29(31)35-34(28)36-17-18-37-35)23-7-6-8-25(20-23)38-32-11-4-2-9-26(32)27-10-3-5-12-33(27)38/h1-25H;2-21H,1H3.